The summed E-state index contributed by atoms with van der Waals surface area (Å²) >= 11 is 3.18. The largest absolute Gasteiger partial charge is 0.497 e. The van der Waals surface area contributed by atoms with Gasteiger partial charge in [0, 0.05) is 11.1 Å². The molecule has 0 radical (unpaired) electrons. The first-order chi connectivity index (χ1) is 7.10. The fourth-order valence-electron chi connectivity index (χ4n) is 1.19. The molecule has 0 saturated carbocycles. The van der Waals surface area contributed by atoms with Crippen molar-refractivity contribution in [1.29, 1.82) is 0 Å². The average molecular weight is 271 g/mol. The average Bonchev–Trinajstić information content (AvgIpc) is 2.27. The third-order valence-corrected chi connectivity index (χ3v) is 2.43. The topological polar surface area (TPSA) is 43.4 Å². The van der Waals surface area contributed by atoms with Gasteiger partial charge in [0.1, 0.15) is 5.75 Å². The van der Waals surface area contributed by atoms with Crippen LogP contribution in [0.25, 0.3) is 0 Å². The number of rotatable bonds is 4. The van der Waals surface area contributed by atoms with Gasteiger partial charge in [-0.15, -0.1) is 0 Å². The molecule has 0 spiro atoms. The lowest BCUT2D eigenvalue weighted by atomic mass is 10.0. The predicted molar refractivity (Wildman–Crippen MR) is 61.1 cm³/mol. The van der Waals surface area contributed by atoms with Crippen LogP contribution >= 0.6 is 15.9 Å². The summed E-state index contributed by atoms with van der Waals surface area (Å²) in [6.07, 6.45) is 0.669. The van der Waals surface area contributed by atoms with Gasteiger partial charge < -0.3 is 4.74 Å². The van der Waals surface area contributed by atoms with E-state index >= 15 is 0 Å². The molecule has 3 nitrogen and oxygen atoms in total. The van der Waals surface area contributed by atoms with E-state index in [1.54, 1.807) is 25.1 Å². The lowest BCUT2D eigenvalue weighted by molar-refractivity contribution is 0.0988. The number of Topliss-reactive ketones (excluding diaryl/α,β-unsaturated/α-hetero) is 1. The summed E-state index contributed by atoms with van der Waals surface area (Å²) in [5, 5.41) is 0. The molecule has 0 amide bonds. The zero-order valence-corrected chi connectivity index (χ0v) is 10.1. The van der Waals surface area contributed by atoms with Crippen molar-refractivity contribution in [3.8, 4) is 5.75 Å². The highest BCUT2D eigenvalue weighted by molar-refractivity contribution is 9.10. The van der Waals surface area contributed by atoms with Gasteiger partial charge in [0.15, 0.2) is 12.1 Å². The van der Waals surface area contributed by atoms with Crippen LogP contribution in [0.5, 0.6) is 5.75 Å². The van der Waals surface area contributed by atoms with Crippen LogP contribution in [0.2, 0.25) is 0 Å². The molecule has 0 fully saturated rings. The minimum absolute atomic E-state index is 0.129. The number of methoxy groups -OCH3 is 1. The van der Waals surface area contributed by atoms with Crippen molar-refractivity contribution >= 4 is 28.0 Å². The molecule has 0 aliphatic carbocycles. The maximum atomic E-state index is 11.7. The highest BCUT2D eigenvalue weighted by Gasteiger charge is 2.16. The number of ketones is 1. The van der Waals surface area contributed by atoms with Crippen LogP contribution in [-0.2, 0) is 0 Å². The Morgan fingerprint density at radius 3 is 2.67 bits per heavy atom. The highest BCUT2D eigenvalue weighted by Crippen LogP contribution is 2.19. The van der Waals surface area contributed by atoms with Gasteiger partial charge >= 0.3 is 0 Å². The van der Waals surface area contributed by atoms with Crippen LogP contribution < -0.4 is 4.74 Å². The van der Waals surface area contributed by atoms with Crippen molar-refractivity contribution in [2.45, 2.75) is 11.8 Å². The Balaban J connectivity index is 3.23. The van der Waals surface area contributed by atoms with Gasteiger partial charge in [0.2, 0.25) is 0 Å². The smallest absolute Gasteiger partial charge is 0.177 e. The van der Waals surface area contributed by atoms with E-state index in [1.807, 2.05) is 0 Å². The van der Waals surface area contributed by atoms with Gasteiger partial charge in [-0.1, -0.05) is 15.9 Å². The molecule has 4 heteroatoms. The second-order valence-electron chi connectivity index (χ2n) is 3.05. The third kappa shape index (κ3) is 2.65. The minimum Gasteiger partial charge on any atom is -0.497 e. The molecule has 1 aromatic rings. The molecule has 0 bridgehead atoms. The Hall–Kier alpha value is -1.16. The molecule has 1 atom stereocenters. The number of halogens is 1. The zero-order valence-electron chi connectivity index (χ0n) is 8.49. The van der Waals surface area contributed by atoms with Crippen LogP contribution in [0.4, 0.5) is 0 Å². The van der Waals surface area contributed by atoms with Gasteiger partial charge in [0.25, 0.3) is 0 Å². The Labute approximate surface area is 96.6 Å². The lowest BCUT2D eigenvalue weighted by Crippen LogP contribution is -2.12. The maximum Gasteiger partial charge on any atom is 0.177 e. The molecule has 1 rings (SSSR count). The number of benzene rings is 1. The first kappa shape index (κ1) is 11.9. The van der Waals surface area contributed by atoms with Crippen molar-refractivity contribution < 1.29 is 14.3 Å². The van der Waals surface area contributed by atoms with E-state index in [1.165, 1.54) is 7.11 Å². The number of ether oxygens (including phenoxy) is 1. The number of alkyl halides is 1. The number of hydrogen-bond acceptors (Lipinski definition) is 3. The number of aldehydes is 1. The summed E-state index contributed by atoms with van der Waals surface area (Å²) in [6.45, 7) is 1.72. The second-order valence-corrected chi connectivity index (χ2v) is 4.42. The molecule has 1 unspecified atom stereocenters. The summed E-state index contributed by atoms with van der Waals surface area (Å²) in [5.41, 5.74) is 0.765. The summed E-state index contributed by atoms with van der Waals surface area (Å²) < 4.78 is 5.00. The van der Waals surface area contributed by atoms with Gasteiger partial charge in [0.05, 0.1) is 11.9 Å². The quantitative estimate of drug-likeness (QED) is 0.480. The first-order valence-corrected chi connectivity index (χ1v) is 5.33. The van der Waals surface area contributed by atoms with E-state index in [-0.39, 0.29) is 10.6 Å². The standard InChI is InChI=1S/C11H11BrO3/c1-7(12)11(14)10-5-9(15-2)4-3-8(10)6-13/h3-7H,1-2H3. The Kier molecular flexibility index (Phi) is 4.03. The van der Waals surface area contributed by atoms with Crippen LogP contribution in [0.3, 0.4) is 0 Å². The normalized spacial score (nSPS) is 11.9. The lowest BCUT2D eigenvalue weighted by Gasteiger charge is -2.07. The predicted octanol–water partition coefficient (Wildman–Crippen LogP) is 2.47. The third-order valence-electron chi connectivity index (χ3n) is 2.01. The summed E-state index contributed by atoms with van der Waals surface area (Å²) in [4.78, 5) is 22.2. The molecule has 80 valence electrons. The van der Waals surface area contributed by atoms with Gasteiger partial charge in [-0.05, 0) is 25.1 Å². The fourth-order valence-corrected chi connectivity index (χ4v) is 1.44. The van der Waals surface area contributed by atoms with Gasteiger partial charge in [-0.25, -0.2) is 0 Å². The van der Waals surface area contributed by atoms with Crippen molar-refractivity contribution in [3.63, 3.8) is 0 Å². The zero-order chi connectivity index (χ0) is 11.4. The highest BCUT2D eigenvalue weighted by atomic mass is 79.9. The Morgan fingerprint density at radius 2 is 2.20 bits per heavy atom. The molecule has 0 N–H and O–H groups in total. The SMILES string of the molecule is COc1ccc(C=O)c(C(=O)C(C)Br)c1. The number of carbonyl (C=O) groups excluding carboxylic acids is 2. The first-order valence-electron chi connectivity index (χ1n) is 4.41. The van der Waals surface area contributed by atoms with E-state index in [9.17, 15) is 9.59 Å². The Bertz CT molecular complexity index is 385. The van der Waals surface area contributed by atoms with E-state index in [2.05, 4.69) is 15.9 Å². The van der Waals surface area contributed by atoms with Crippen molar-refractivity contribution in [1.82, 2.24) is 0 Å². The maximum absolute atomic E-state index is 11.7. The number of hydrogen-bond donors (Lipinski definition) is 0. The van der Waals surface area contributed by atoms with Crippen molar-refractivity contribution in [3.05, 3.63) is 29.3 Å². The Morgan fingerprint density at radius 1 is 1.53 bits per heavy atom. The summed E-state index contributed by atoms with van der Waals surface area (Å²) in [6, 6.07) is 4.80. The van der Waals surface area contributed by atoms with Crippen LogP contribution in [0, 0.1) is 0 Å². The van der Waals surface area contributed by atoms with Crippen LogP contribution in [0.1, 0.15) is 27.6 Å². The molecule has 0 saturated heterocycles. The molecule has 0 aliphatic heterocycles. The molecule has 0 aliphatic rings. The molecular formula is C11H11BrO3. The number of carbonyl (C=O) groups is 2. The summed E-state index contributed by atoms with van der Waals surface area (Å²) in [5.74, 6) is 0.438. The molecule has 0 aromatic heterocycles. The van der Waals surface area contributed by atoms with E-state index in [0.29, 0.717) is 23.2 Å². The molecule has 1 aromatic carbocycles. The van der Waals surface area contributed by atoms with Crippen LogP contribution in [-0.4, -0.2) is 24.0 Å². The van der Waals surface area contributed by atoms with Gasteiger partial charge in [-0.3, -0.25) is 9.59 Å². The van der Waals surface area contributed by atoms with E-state index < -0.39 is 0 Å². The van der Waals surface area contributed by atoms with Crippen LogP contribution in [0.15, 0.2) is 18.2 Å². The van der Waals surface area contributed by atoms with E-state index in [0.717, 1.165) is 0 Å². The second kappa shape index (κ2) is 5.07. The molecule has 15 heavy (non-hydrogen) atoms. The van der Waals surface area contributed by atoms with Gasteiger partial charge in [-0.2, -0.15) is 0 Å². The van der Waals surface area contributed by atoms with Crippen molar-refractivity contribution in [2.75, 3.05) is 7.11 Å². The molecule has 0 heterocycles. The van der Waals surface area contributed by atoms with Crippen molar-refractivity contribution in [2.24, 2.45) is 0 Å². The fraction of sp³-hybridized carbons (Fsp3) is 0.273. The molecular weight excluding hydrogens is 260 g/mol. The minimum atomic E-state index is -0.316. The monoisotopic (exact) mass is 270 g/mol. The van der Waals surface area contributed by atoms with E-state index in [4.69, 9.17) is 4.74 Å². The summed E-state index contributed by atoms with van der Waals surface area (Å²) in [7, 11) is 1.52.